The fourth-order valence-electron chi connectivity index (χ4n) is 2.89. The molecule has 0 saturated heterocycles. The number of aromatic nitrogens is 3. The van der Waals surface area contributed by atoms with E-state index < -0.39 is 23.9 Å². The molecule has 2 aromatic carbocycles. The number of amides is 1. The first-order chi connectivity index (χ1) is 14.9. The summed E-state index contributed by atoms with van der Waals surface area (Å²) < 4.78 is 44.2. The Balaban J connectivity index is 1.51. The molecule has 0 atom stereocenters. The average Bonchev–Trinajstić information content (AvgIpc) is 3.18. The molecule has 158 valence electrons. The van der Waals surface area contributed by atoms with Crippen LogP contribution in [0.15, 0.2) is 59.0 Å². The normalized spacial score (nSPS) is 11.1. The van der Waals surface area contributed by atoms with E-state index in [1.807, 2.05) is 0 Å². The van der Waals surface area contributed by atoms with Crippen LogP contribution >= 0.6 is 11.3 Å². The third-order valence-corrected chi connectivity index (χ3v) is 4.99. The van der Waals surface area contributed by atoms with Gasteiger partial charge in [0, 0.05) is 10.9 Å². The van der Waals surface area contributed by atoms with Crippen molar-refractivity contribution < 1.29 is 22.7 Å². The highest BCUT2D eigenvalue weighted by molar-refractivity contribution is 7.14. The molecule has 1 amide bonds. The molecule has 31 heavy (non-hydrogen) atoms. The highest BCUT2D eigenvalue weighted by Gasteiger charge is 2.15. The Hall–Kier alpha value is -3.73. The van der Waals surface area contributed by atoms with Crippen LogP contribution in [0, 0.1) is 5.82 Å². The van der Waals surface area contributed by atoms with E-state index in [-0.39, 0.29) is 22.8 Å². The second kappa shape index (κ2) is 8.56. The van der Waals surface area contributed by atoms with Crippen LogP contribution in [0.25, 0.3) is 22.2 Å². The minimum atomic E-state index is -2.98. The van der Waals surface area contributed by atoms with Gasteiger partial charge in [0.1, 0.15) is 18.1 Å². The van der Waals surface area contributed by atoms with E-state index in [9.17, 15) is 22.8 Å². The minimum absolute atomic E-state index is 0.0401. The zero-order valence-corrected chi connectivity index (χ0v) is 16.4. The third-order valence-electron chi connectivity index (χ3n) is 4.23. The highest BCUT2D eigenvalue weighted by Crippen LogP contribution is 2.32. The second-order valence-corrected chi connectivity index (χ2v) is 7.16. The predicted octanol–water partition coefficient (Wildman–Crippen LogP) is 3.90. The number of carbonyl (C=O) groups is 1. The number of nitrogens with zero attached hydrogens (tertiary/aromatic N) is 3. The van der Waals surface area contributed by atoms with E-state index in [1.54, 1.807) is 23.6 Å². The lowest BCUT2D eigenvalue weighted by atomic mass is 10.1. The van der Waals surface area contributed by atoms with Gasteiger partial charge in [0.25, 0.3) is 5.56 Å². The van der Waals surface area contributed by atoms with E-state index >= 15 is 0 Å². The molecule has 11 heteroatoms. The van der Waals surface area contributed by atoms with Crippen LogP contribution < -0.4 is 15.6 Å². The third kappa shape index (κ3) is 4.56. The number of alkyl halides is 2. The van der Waals surface area contributed by atoms with Crippen molar-refractivity contribution in [2.24, 2.45) is 0 Å². The maximum Gasteiger partial charge on any atom is 0.387 e. The molecular formula is C20H13F3N4O3S. The minimum Gasteiger partial charge on any atom is -0.434 e. The molecule has 0 unspecified atom stereocenters. The van der Waals surface area contributed by atoms with Crippen molar-refractivity contribution in [1.29, 1.82) is 0 Å². The topological polar surface area (TPSA) is 86.1 Å². The van der Waals surface area contributed by atoms with E-state index in [0.717, 1.165) is 22.0 Å². The Labute approximate surface area is 176 Å². The molecule has 0 aliphatic rings. The SMILES string of the molecule is O=C(Cn1cnc2ccc(F)cc2c1=O)Nc1nc(-c2ccccc2OC(F)F)cs1. The van der Waals surface area contributed by atoms with Crippen molar-refractivity contribution in [1.82, 2.24) is 14.5 Å². The van der Waals surface area contributed by atoms with Crippen LogP contribution in [0.1, 0.15) is 0 Å². The average molecular weight is 446 g/mol. The van der Waals surface area contributed by atoms with E-state index in [4.69, 9.17) is 0 Å². The molecule has 0 aliphatic heterocycles. The number of rotatable bonds is 6. The summed E-state index contributed by atoms with van der Waals surface area (Å²) >= 11 is 1.08. The van der Waals surface area contributed by atoms with Crippen molar-refractivity contribution in [3.63, 3.8) is 0 Å². The quantitative estimate of drug-likeness (QED) is 0.486. The summed E-state index contributed by atoms with van der Waals surface area (Å²) in [6.45, 7) is -3.35. The molecular weight excluding hydrogens is 433 g/mol. The summed E-state index contributed by atoms with van der Waals surface area (Å²) in [5.74, 6) is -1.18. The first-order valence-corrected chi connectivity index (χ1v) is 9.73. The number of para-hydroxylation sites is 1. The van der Waals surface area contributed by atoms with Gasteiger partial charge < -0.3 is 10.1 Å². The van der Waals surface area contributed by atoms with Gasteiger partial charge in [0.15, 0.2) is 5.13 Å². The van der Waals surface area contributed by atoms with E-state index in [0.29, 0.717) is 16.8 Å². The Morgan fingerprint density at radius 1 is 1.23 bits per heavy atom. The molecule has 0 spiro atoms. The number of benzene rings is 2. The zero-order chi connectivity index (χ0) is 22.0. The number of hydrogen-bond donors (Lipinski definition) is 1. The Morgan fingerprint density at radius 2 is 2.03 bits per heavy atom. The number of ether oxygens (including phenoxy) is 1. The number of carbonyl (C=O) groups excluding carboxylic acids is 1. The zero-order valence-electron chi connectivity index (χ0n) is 15.6. The van der Waals surface area contributed by atoms with Gasteiger partial charge in [-0.25, -0.2) is 14.4 Å². The molecule has 1 N–H and O–H groups in total. The maximum absolute atomic E-state index is 13.4. The Bertz CT molecular complexity index is 1320. The molecule has 0 bridgehead atoms. The number of nitrogens with one attached hydrogen (secondary N) is 1. The standard InChI is InChI=1S/C20H13F3N4O3S/c21-11-5-6-14-13(7-11)18(29)27(10-24-14)8-17(28)26-20-25-15(9-31-20)12-3-1-2-4-16(12)30-19(22)23/h1-7,9-10,19H,8H2,(H,25,26,28). The smallest absolute Gasteiger partial charge is 0.387 e. The van der Waals surface area contributed by atoms with Crippen molar-refractivity contribution in [3.05, 3.63) is 70.3 Å². The molecule has 2 aromatic heterocycles. The largest absolute Gasteiger partial charge is 0.434 e. The molecule has 7 nitrogen and oxygen atoms in total. The molecule has 2 heterocycles. The van der Waals surface area contributed by atoms with Crippen LogP contribution in [0.4, 0.5) is 18.3 Å². The number of anilines is 1. The molecule has 0 fully saturated rings. The Morgan fingerprint density at radius 3 is 2.84 bits per heavy atom. The summed E-state index contributed by atoms with van der Waals surface area (Å²) in [4.78, 5) is 33.1. The number of thiazole rings is 1. The van der Waals surface area contributed by atoms with Gasteiger partial charge in [-0.2, -0.15) is 8.78 Å². The van der Waals surface area contributed by atoms with Crippen LogP contribution in [-0.2, 0) is 11.3 Å². The lowest BCUT2D eigenvalue weighted by molar-refractivity contribution is -0.116. The number of fused-ring (bicyclic) bond motifs is 1. The van der Waals surface area contributed by atoms with Gasteiger partial charge in [-0.3, -0.25) is 14.2 Å². The molecule has 0 radical (unpaired) electrons. The molecule has 0 saturated carbocycles. The maximum atomic E-state index is 13.4. The van der Waals surface area contributed by atoms with Gasteiger partial charge in [-0.1, -0.05) is 12.1 Å². The summed E-state index contributed by atoms with van der Waals surface area (Å²) in [7, 11) is 0. The lowest BCUT2D eigenvalue weighted by Gasteiger charge is -2.08. The fraction of sp³-hybridized carbons (Fsp3) is 0.100. The lowest BCUT2D eigenvalue weighted by Crippen LogP contribution is -2.27. The van der Waals surface area contributed by atoms with Crippen LogP contribution in [-0.4, -0.2) is 27.1 Å². The fourth-order valence-corrected chi connectivity index (χ4v) is 3.62. The van der Waals surface area contributed by atoms with E-state index in [2.05, 4.69) is 20.0 Å². The molecule has 4 rings (SSSR count). The number of hydrogen-bond acceptors (Lipinski definition) is 6. The van der Waals surface area contributed by atoms with Crippen molar-refractivity contribution in [2.45, 2.75) is 13.2 Å². The van der Waals surface area contributed by atoms with Gasteiger partial charge in [-0.05, 0) is 30.3 Å². The van der Waals surface area contributed by atoms with Crippen LogP contribution in [0.2, 0.25) is 0 Å². The first kappa shape index (κ1) is 20.5. The number of halogens is 3. The van der Waals surface area contributed by atoms with Crippen molar-refractivity contribution in [2.75, 3.05) is 5.32 Å². The summed E-state index contributed by atoms with van der Waals surface area (Å²) in [5, 5.41) is 4.39. The van der Waals surface area contributed by atoms with Gasteiger partial charge in [-0.15, -0.1) is 11.3 Å². The molecule has 4 aromatic rings. The monoisotopic (exact) mass is 446 g/mol. The van der Waals surface area contributed by atoms with Gasteiger partial charge >= 0.3 is 6.61 Å². The first-order valence-electron chi connectivity index (χ1n) is 8.85. The molecule has 0 aliphatic carbocycles. The van der Waals surface area contributed by atoms with Crippen molar-refractivity contribution in [3.8, 4) is 17.0 Å². The summed E-state index contributed by atoms with van der Waals surface area (Å²) in [5.41, 5.74) is 0.447. The van der Waals surface area contributed by atoms with Crippen LogP contribution in [0.3, 0.4) is 0 Å². The van der Waals surface area contributed by atoms with Crippen molar-refractivity contribution >= 4 is 33.3 Å². The second-order valence-electron chi connectivity index (χ2n) is 6.30. The van der Waals surface area contributed by atoms with E-state index in [1.165, 1.54) is 24.5 Å². The summed E-state index contributed by atoms with van der Waals surface area (Å²) in [6.07, 6.45) is 1.20. The summed E-state index contributed by atoms with van der Waals surface area (Å²) in [6, 6.07) is 9.79. The Kier molecular flexibility index (Phi) is 5.67. The van der Waals surface area contributed by atoms with Gasteiger partial charge in [0.2, 0.25) is 5.91 Å². The highest BCUT2D eigenvalue weighted by atomic mass is 32.1. The van der Waals surface area contributed by atoms with Crippen LogP contribution in [0.5, 0.6) is 5.75 Å². The van der Waals surface area contributed by atoms with Gasteiger partial charge in [0.05, 0.1) is 22.9 Å². The predicted molar refractivity (Wildman–Crippen MR) is 109 cm³/mol.